The van der Waals surface area contributed by atoms with Gasteiger partial charge in [-0.25, -0.2) is 4.98 Å². The number of hydrogen-bond donors (Lipinski definition) is 2. The first kappa shape index (κ1) is 14.2. The van der Waals surface area contributed by atoms with Crippen LogP contribution in [-0.2, 0) is 13.0 Å². The number of aromatic amines is 1. The standard InChI is InChI=1S/C16H16N4O2/c21-20(22)13-7-5-12(6-8-13)11-17-10-9-16-18-14-3-1-2-4-15(14)19-16/h1-8,17H,9-11H2,(H,18,19). The van der Waals surface area contributed by atoms with Gasteiger partial charge in [0.25, 0.3) is 5.69 Å². The van der Waals surface area contributed by atoms with E-state index in [4.69, 9.17) is 0 Å². The molecule has 3 aromatic rings. The molecule has 0 unspecified atom stereocenters. The number of fused-ring (bicyclic) bond motifs is 1. The van der Waals surface area contributed by atoms with E-state index in [-0.39, 0.29) is 5.69 Å². The zero-order chi connectivity index (χ0) is 15.4. The fraction of sp³-hybridized carbons (Fsp3) is 0.188. The van der Waals surface area contributed by atoms with Crippen LogP contribution in [0.1, 0.15) is 11.4 Å². The zero-order valence-electron chi connectivity index (χ0n) is 12.0. The highest BCUT2D eigenvalue weighted by atomic mass is 16.6. The van der Waals surface area contributed by atoms with E-state index in [9.17, 15) is 10.1 Å². The Bertz CT molecular complexity index is 747. The molecule has 0 aliphatic rings. The second-order valence-corrected chi connectivity index (χ2v) is 5.05. The number of aromatic nitrogens is 2. The lowest BCUT2D eigenvalue weighted by atomic mass is 10.2. The lowest BCUT2D eigenvalue weighted by Gasteiger charge is -2.03. The Morgan fingerprint density at radius 1 is 1.14 bits per heavy atom. The van der Waals surface area contributed by atoms with Crippen LogP contribution in [0.5, 0.6) is 0 Å². The van der Waals surface area contributed by atoms with Crippen LogP contribution in [0, 0.1) is 10.1 Å². The van der Waals surface area contributed by atoms with Crippen molar-refractivity contribution in [2.45, 2.75) is 13.0 Å². The van der Waals surface area contributed by atoms with Crippen molar-refractivity contribution in [1.29, 1.82) is 0 Å². The highest BCUT2D eigenvalue weighted by Crippen LogP contribution is 2.12. The molecular formula is C16H16N4O2. The Morgan fingerprint density at radius 2 is 1.91 bits per heavy atom. The first-order valence-electron chi connectivity index (χ1n) is 7.10. The summed E-state index contributed by atoms with van der Waals surface area (Å²) in [6.45, 7) is 1.47. The fourth-order valence-electron chi connectivity index (χ4n) is 2.30. The molecule has 0 saturated carbocycles. The molecule has 6 heteroatoms. The molecule has 0 atom stereocenters. The molecule has 0 aliphatic carbocycles. The maximum atomic E-state index is 10.6. The van der Waals surface area contributed by atoms with Crippen LogP contribution >= 0.6 is 0 Å². The summed E-state index contributed by atoms with van der Waals surface area (Å²) in [6, 6.07) is 14.5. The lowest BCUT2D eigenvalue weighted by molar-refractivity contribution is -0.384. The Labute approximate surface area is 127 Å². The molecule has 0 radical (unpaired) electrons. The largest absolute Gasteiger partial charge is 0.342 e. The topological polar surface area (TPSA) is 83.8 Å². The molecule has 22 heavy (non-hydrogen) atoms. The minimum atomic E-state index is -0.390. The molecule has 2 aromatic carbocycles. The summed E-state index contributed by atoms with van der Waals surface area (Å²) in [4.78, 5) is 18.0. The maximum absolute atomic E-state index is 10.6. The Kier molecular flexibility index (Phi) is 4.11. The summed E-state index contributed by atoms with van der Waals surface area (Å²) in [7, 11) is 0. The molecule has 6 nitrogen and oxygen atoms in total. The summed E-state index contributed by atoms with van der Waals surface area (Å²) in [5, 5.41) is 13.9. The van der Waals surface area contributed by atoms with Crippen molar-refractivity contribution in [3.63, 3.8) is 0 Å². The molecule has 3 rings (SSSR count). The van der Waals surface area contributed by atoms with Crippen LogP contribution < -0.4 is 5.32 Å². The molecule has 1 aromatic heterocycles. The third-order valence-electron chi connectivity index (χ3n) is 3.45. The highest BCUT2D eigenvalue weighted by Gasteiger charge is 2.04. The SMILES string of the molecule is O=[N+]([O-])c1ccc(CNCCc2nc3ccccc3[nH]2)cc1. The van der Waals surface area contributed by atoms with Crippen LogP contribution in [0.4, 0.5) is 5.69 Å². The van der Waals surface area contributed by atoms with Gasteiger partial charge < -0.3 is 10.3 Å². The normalized spacial score (nSPS) is 10.9. The van der Waals surface area contributed by atoms with Gasteiger partial charge in [-0.1, -0.05) is 24.3 Å². The van der Waals surface area contributed by atoms with Gasteiger partial charge in [0.05, 0.1) is 16.0 Å². The van der Waals surface area contributed by atoms with Crippen molar-refractivity contribution < 1.29 is 4.92 Å². The summed E-state index contributed by atoms with van der Waals surface area (Å²) >= 11 is 0. The van der Waals surface area contributed by atoms with Crippen molar-refractivity contribution in [2.24, 2.45) is 0 Å². The van der Waals surface area contributed by atoms with Gasteiger partial charge in [-0.3, -0.25) is 10.1 Å². The van der Waals surface area contributed by atoms with E-state index in [1.165, 1.54) is 12.1 Å². The van der Waals surface area contributed by atoms with Crippen molar-refractivity contribution in [3.8, 4) is 0 Å². The Morgan fingerprint density at radius 3 is 2.64 bits per heavy atom. The number of nitrogens with one attached hydrogen (secondary N) is 2. The number of hydrogen-bond acceptors (Lipinski definition) is 4. The van der Waals surface area contributed by atoms with Gasteiger partial charge in [0.2, 0.25) is 0 Å². The Balaban J connectivity index is 1.49. The maximum Gasteiger partial charge on any atom is 0.269 e. The predicted octanol–water partition coefficient (Wildman–Crippen LogP) is 2.80. The summed E-state index contributed by atoms with van der Waals surface area (Å²) < 4.78 is 0. The van der Waals surface area contributed by atoms with E-state index in [0.717, 1.165) is 35.4 Å². The summed E-state index contributed by atoms with van der Waals surface area (Å²) in [5.41, 5.74) is 3.17. The Hall–Kier alpha value is -2.73. The zero-order valence-corrected chi connectivity index (χ0v) is 12.0. The minimum absolute atomic E-state index is 0.117. The molecular weight excluding hydrogens is 280 g/mol. The molecule has 2 N–H and O–H groups in total. The first-order valence-corrected chi connectivity index (χ1v) is 7.10. The van der Waals surface area contributed by atoms with Gasteiger partial charge in [-0.15, -0.1) is 0 Å². The average Bonchev–Trinajstić information content (AvgIpc) is 2.95. The van der Waals surface area contributed by atoms with Crippen LogP contribution in [0.3, 0.4) is 0 Å². The number of non-ortho nitro benzene ring substituents is 1. The molecule has 1 heterocycles. The second-order valence-electron chi connectivity index (χ2n) is 5.05. The number of nitrogens with zero attached hydrogens (tertiary/aromatic N) is 2. The third-order valence-corrected chi connectivity index (χ3v) is 3.45. The minimum Gasteiger partial charge on any atom is -0.342 e. The molecule has 0 saturated heterocycles. The number of rotatable bonds is 6. The van der Waals surface area contributed by atoms with Gasteiger partial charge in [0.1, 0.15) is 5.82 Å². The van der Waals surface area contributed by atoms with Crippen LogP contribution in [-0.4, -0.2) is 21.4 Å². The van der Waals surface area contributed by atoms with Crippen molar-refractivity contribution >= 4 is 16.7 Å². The second kappa shape index (κ2) is 6.36. The number of nitro groups is 1. The molecule has 112 valence electrons. The average molecular weight is 296 g/mol. The number of para-hydroxylation sites is 2. The smallest absolute Gasteiger partial charge is 0.269 e. The number of benzene rings is 2. The van der Waals surface area contributed by atoms with E-state index in [2.05, 4.69) is 15.3 Å². The summed E-state index contributed by atoms with van der Waals surface area (Å²) in [6.07, 6.45) is 0.807. The van der Waals surface area contributed by atoms with Gasteiger partial charge in [0, 0.05) is 31.6 Å². The van der Waals surface area contributed by atoms with Crippen LogP contribution in [0.2, 0.25) is 0 Å². The number of nitro benzene ring substituents is 1. The van der Waals surface area contributed by atoms with Gasteiger partial charge in [0.15, 0.2) is 0 Å². The van der Waals surface area contributed by atoms with E-state index >= 15 is 0 Å². The highest BCUT2D eigenvalue weighted by molar-refractivity contribution is 5.74. The fourth-order valence-corrected chi connectivity index (χ4v) is 2.30. The molecule has 0 spiro atoms. The monoisotopic (exact) mass is 296 g/mol. The molecule has 0 bridgehead atoms. The molecule has 0 aliphatic heterocycles. The van der Waals surface area contributed by atoms with Crippen molar-refractivity contribution in [2.75, 3.05) is 6.54 Å². The van der Waals surface area contributed by atoms with Gasteiger partial charge in [-0.05, 0) is 17.7 Å². The van der Waals surface area contributed by atoms with E-state index < -0.39 is 4.92 Å². The quantitative estimate of drug-likeness (QED) is 0.416. The van der Waals surface area contributed by atoms with E-state index in [1.54, 1.807) is 12.1 Å². The van der Waals surface area contributed by atoms with E-state index in [0.29, 0.717) is 6.54 Å². The van der Waals surface area contributed by atoms with Crippen LogP contribution in [0.15, 0.2) is 48.5 Å². The van der Waals surface area contributed by atoms with Gasteiger partial charge in [-0.2, -0.15) is 0 Å². The van der Waals surface area contributed by atoms with Gasteiger partial charge >= 0.3 is 0 Å². The molecule has 0 fully saturated rings. The lowest BCUT2D eigenvalue weighted by Crippen LogP contribution is -2.17. The van der Waals surface area contributed by atoms with Crippen molar-refractivity contribution in [1.82, 2.24) is 15.3 Å². The van der Waals surface area contributed by atoms with Crippen molar-refractivity contribution in [3.05, 3.63) is 70.0 Å². The predicted molar refractivity (Wildman–Crippen MR) is 84.6 cm³/mol. The number of H-pyrrole nitrogens is 1. The molecule has 0 amide bonds. The van der Waals surface area contributed by atoms with E-state index in [1.807, 2.05) is 24.3 Å². The third kappa shape index (κ3) is 3.29. The first-order chi connectivity index (χ1) is 10.7. The van der Waals surface area contributed by atoms with Crippen LogP contribution in [0.25, 0.3) is 11.0 Å². The number of imidazole rings is 1. The summed E-state index contributed by atoms with van der Waals surface area (Å²) in [5.74, 6) is 0.956.